The van der Waals surface area contributed by atoms with Crippen LogP contribution in [-0.4, -0.2) is 28.8 Å². The van der Waals surface area contributed by atoms with E-state index in [1.165, 1.54) is 30.3 Å². The summed E-state index contributed by atoms with van der Waals surface area (Å²) in [5, 5.41) is 25.5. The number of nitro groups is 2. The lowest BCUT2D eigenvalue weighted by Gasteiger charge is -2.02. The molecule has 1 N–H and O–H groups in total. The molecule has 0 aliphatic carbocycles. The largest absolute Gasteiger partial charge is 0.454 e. The van der Waals surface area contributed by atoms with Crippen LogP contribution in [0, 0.1) is 20.2 Å². The van der Waals surface area contributed by atoms with Crippen molar-refractivity contribution in [1.29, 1.82) is 0 Å². The Morgan fingerprint density at radius 3 is 2.54 bits per heavy atom. The van der Waals surface area contributed by atoms with E-state index in [1.54, 1.807) is 0 Å². The van der Waals surface area contributed by atoms with Crippen molar-refractivity contribution in [1.82, 2.24) is 5.43 Å². The number of hydrazone groups is 1. The molecule has 132 valence electrons. The average Bonchev–Trinajstić information content (AvgIpc) is 3.08. The van der Waals surface area contributed by atoms with Crippen molar-refractivity contribution in [2.75, 3.05) is 6.79 Å². The van der Waals surface area contributed by atoms with E-state index in [1.807, 2.05) is 0 Å². The molecule has 0 unspecified atom stereocenters. The highest BCUT2D eigenvalue weighted by Crippen LogP contribution is 2.37. The Balaban J connectivity index is 1.78. The van der Waals surface area contributed by atoms with Crippen molar-refractivity contribution in [3.63, 3.8) is 0 Å². The molecule has 1 heterocycles. The first-order valence-corrected chi connectivity index (χ1v) is 7.11. The highest BCUT2D eigenvalue weighted by molar-refractivity contribution is 5.96. The van der Waals surface area contributed by atoms with E-state index >= 15 is 0 Å². The SMILES string of the molecule is O=C(N/N=C\c1cc2c(cc1[N+](=O)[O-])OCO2)c1cccc([N+](=O)[O-])c1. The normalized spacial score (nSPS) is 12.2. The molecule has 0 saturated carbocycles. The Kier molecular flexibility index (Phi) is 4.43. The van der Waals surface area contributed by atoms with Crippen molar-refractivity contribution in [2.24, 2.45) is 5.10 Å². The van der Waals surface area contributed by atoms with Gasteiger partial charge in [-0.05, 0) is 12.1 Å². The third-order valence-corrected chi connectivity index (χ3v) is 3.41. The van der Waals surface area contributed by atoms with Crippen LogP contribution in [0.3, 0.4) is 0 Å². The van der Waals surface area contributed by atoms with Crippen LogP contribution in [0.5, 0.6) is 11.5 Å². The molecule has 26 heavy (non-hydrogen) atoms. The van der Waals surface area contributed by atoms with Gasteiger partial charge in [-0.15, -0.1) is 0 Å². The number of non-ortho nitro benzene ring substituents is 1. The average molecular weight is 358 g/mol. The molecule has 2 aromatic carbocycles. The summed E-state index contributed by atoms with van der Waals surface area (Å²) in [6.07, 6.45) is 1.08. The second-order valence-corrected chi connectivity index (χ2v) is 5.03. The maximum absolute atomic E-state index is 12.0. The highest BCUT2D eigenvalue weighted by Gasteiger charge is 2.22. The third-order valence-electron chi connectivity index (χ3n) is 3.41. The van der Waals surface area contributed by atoms with Crippen LogP contribution in [0.2, 0.25) is 0 Å². The van der Waals surface area contributed by atoms with Gasteiger partial charge in [0.2, 0.25) is 6.79 Å². The number of benzene rings is 2. The zero-order valence-corrected chi connectivity index (χ0v) is 12.9. The minimum Gasteiger partial charge on any atom is -0.454 e. The van der Waals surface area contributed by atoms with Gasteiger partial charge < -0.3 is 9.47 Å². The minimum absolute atomic E-state index is 0.0246. The first-order valence-electron chi connectivity index (χ1n) is 7.11. The second-order valence-electron chi connectivity index (χ2n) is 5.03. The number of amides is 1. The van der Waals surface area contributed by atoms with Crippen molar-refractivity contribution in [3.05, 3.63) is 67.8 Å². The Bertz CT molecular complexity index is 942. The van der Waals surface area contributed by atoms with Crippen LogP contribution in [0.4, 0.5) is 11.4 Å². The summed E-state index contributed by atoms with van der Waals surface area (Å²) >= 11 is 0. The number of nitrogens with zero attached hydrogens (tertiary/aromatic N) is 3. The number of ether oxygens (including phenoxy) is 2. The van der Waals surface area contributed by atoms with E-state index in [-0.39, 0.29) is 35.0 Å². The molecule has 0 spiro atoms. The molecule has 1 amide bonds. The second kappa shape index (κ2) is 6.84. The number of hydrogen-bond donors (Lipinski definition) is 1. The quantitative estimate of drug-likeness (QED) is 0.488. The molecule has 1 aliphatic heterocycles. The maximum Gasteiger partial charge on any atom is 0.282 e. The van der Waals surface area contributed by atoms with E-state index in [2.05, 4.69) is 10.5 Å². The molecule has 0 aromatic heterocycles. The molecule has 2 aromatic rings. The number of carbonyl (C=O) groups is 1. The fraction of sp³-hybridized carbons (Fsp3) is 0.0667. The molecular formula is C15H10N4O7. The zero-order chi connectivity index (χ0) is 18.7. The summed E-state index contributed by atoms with van der Waals surface area (Å²) in [6, 6.07) is 7.64. The minimum atomic E-state index is -0.701. The number of rotatable bonds is 5. The van der Waals surface area contributed by atoms with Gasteiger partial charge in [-0.2, -0.15) is 5.10 Å². The number of nitrogens with one attached hydrogen (secondary N) is 1. The molecule has 3 rings (SSSR count). The molecule has 0 radical (unpaired) electrons. The summed E-state index contributed by atoms with van der Waals surface area (Å²) in [7, 11) is 0. The van der Waals surface area contributed by atoms with Crippen LogP contribution < -0.4 is 14.9 Å². The maximum atomic E-state index is 12.0. The summed E-state index contributed by atoms with van der Waals surface area (Å²) < 4.78 is 10.2. The summed E-state index contributed by atoms with van der Waals surface area (Å²) in [5.41, 5.74) is 1.76. The van der Waals surface area contributed by atoms with Gasteiger partial charge in [0.25, 0.3) is 17.3 Å². The van der Waals surface area contributed by atoms with E-state index < -0.39 is 15.8 Å². The topological polar surface area (TPSA) is 146 Å². The Hall–Kier alpha value is -4.02. The summed E-state index contributed by atoms with van der Waals surface area (Å²) in [6.45, 7) is -0.0450. The Labute approximate surface area is 145 Å². The van der Waals surface area contributed by atoms with E-state index in [9.17, 15) is 25.0 Å². The third kappa shape index (κ3) is 3.40. The molecule has 0 fully saturated rings. The molecule has 0 saturated heterocycles. The smallest absolute Gasteiger partial charge is 0.282 e. The van der Waals surface area contributed by atoms with Crippen LogP contribution in [0.1, 0.15) is 15.9 Å². The first kappa shape index (κ1) is 16.8. The Morgan fingerprint density at radius 2 is 1.85 bits per heavy atom. The summed E-state index contributed by atoms with van der Waals surface area (Å²) in [5.74, 6) is -0.134. The number of nitro benzene ring substituents is 2. The lowest BCUT2D eigenvalue weighted by atomic mass is 10.1. The lowest BCUT2D eigenvalue weighted by Crippen LogP contribution is -2.17. The van der Waals surface area contributed by atoms with Gasteiger partial charge in [0.1, 0.15) is 0 Å². The van der Waals surface area contributed by atoms with Gasteiger partial charge in [-0.3, -0.25) is 25.0 Å². The number of hydrogen-bond acceptors (Lipinski definition) is 8. The number of fused-ring (bicyclic) bond motifs is 1. The van der Waals surface area contributed by atoms with Gasteiger partial charge in [0.05, 0.1) is 27.7 Å². The molecular weight excluding hydrogens is 348 g/mol. The van der Waals surface area contributed by atoms with Crippen LogP contribution >= 0.6 is 0 Å². The van der Waals surface area contributed by atoms with Crippen molar-refractivity contribution >= 4 is 23.5 Å². The standard InChI is InChI=1S/C15H10N4O7/c20-15(9-2-1-3-11(4-9)18(21)22)17-16-7-10-5-13-14(26-8-25-13)6-12(10)19(23)24/h1-7H,8H2,(H,17,20)/b16-7-. The monoisotopic (exact) mass is 358 g/mol. The zero-order valence-electron chi connectivity index (χ0n) is 12.9. The summed E-state index contributed by atoms with van der Waals surface area (Å²) in [4.78, 5) is 32.6. The van der Waals surface area contributed by atoms with Crippen LogP contribution in [0.15, 0.2) is 41.5 Å². The molecule has 1 aliphatic rings. The van der Waals surface area contributed by atoms with Crippen molar-refractivity contribution < 1.29 is 24.1 Å². The Morgan fingerprint density at radius 1 is 1.12 bits per heavy atom. The lowest BCUT2D eigenvalue weighted by molar-refractivity contribution is -0.385. The predicted octanol–water partition coefficient (Wildman–Crippen LogP) is 2.00. The predicted molar refractivity (Wildman–Crippen MR) is 87.4 cm³/mol. The number of carbonyl (C=O) groups excluding carboxylic acids is 1. The molecule has 11 nitrogen and oxygen atoms in total. The van der Waals surface area contributed by atoms with Gasteiger partial charge >= 0.3 is 0 Å². The van der Waals surface area contributed by atoms with E-state index in [0.29, 0.717) is 5.75 Å². The van der Waals surface area contributed by atoms with Gasteiger partial charge in [0, 0.05) is 17.7 Å². The van der Waals surface area contributed by atoms with Crippen molar-refractivity contribution in [3.8, 4) is 11.5 Å². The molecule has 0 bridgehead atoms. The van der Waals surface area contributed by atoms with Crippen molar-refractivity contribution in [2.45, 2.75) is 0 Å². The van der Waals surface area contributed by atoms with Gasteiger partial charge in [-0.1, -0.05) is 6.07 Å². The fourth-order valence-corrected chi connectivity index (χ4v) is 2.19. The van der Waals surface area contributed by atoms with Crippen LogP contribution in [-0.2, 0) is 0 Å². The fourth-order valence-electron chi connectivity index (χ4n) is 2.19. The first-order chi connectivity index (χ1) is 12.5. The van der Waals surface area contributed by atoms with Gasteiger partial charge in [0.15, 0.2) is 11.5 Å². The van der Waals surface area contributed by atoms with Gasteiger partial charge in [-0.25, -0.2) is 5.43 Å². The van der Waals surface area contributed by atoms with E-state index in [0.717, 1.165) is 12.3 Å². The van der Waals surface area contributed by atoms with E-state index in [4.69, 9.17) is 9.47 Å². The van der Waals surface area contributed by atoms with Crippen LogP contribution in [0.25, 0.3) is 0 Å². The molecule has 0 atom stereocenters. The molecule has 11 heteroatoms. The highest BCUT2D eigenvalue weighted by atomic mass is 16.7.